The summed E-state index contributed by atoms with van der Waals surface area (Å²) in [7, 11) is 0. The number of amides is 2. The second-order valence-electron chi connectivity index (χ2n) is 8.12. The number of furan rings is 1. The molecule has 0 unspecified atom stereocenters. The first-order valence-corrected chi connectivity index (χ1v) is 10.6. The molecule has 2 aliphatic heterocycles. The van der Waals surface area contributed by atoms with Gasteiger partial charge in [-0.15, -0.1) is 0 Å². The van der Waals surface area contributed by atoms with E-state index in [4.69, 9.17) is 4.42 Å². The molecule has 7 heteroatoms. The number of rotatable bonds is 6. The molecule has 0 bridgehead atoms. The van der Waals surface area contributed by atoms with E-state index in [0.29, 0.717) is 13.1 Å². The summed E-state index contributed by atoms with van der Waals surface area (Å²) in [5.41, 5.74) is 0.836. The van der Waals surface area contributed by atoms with Crippen molar-refractivity contribution < 1.29 is 14.0 Å². The molecular weight excluding hydrogens is 368 g/mol. The summed E-state index contributed by atoms with van der Waals surface area (Å²) in [5, 5.41) is 4.08. The van der Waals surface area contributed by atoms with E-state index >= 15 is 0 Å². The minimum Gasteiger partial charge on any atom is -0.459 e. The van der Waals surface area contributed by atoms with Crippen LogP contribution in [0, 0.1) is 0 Å². The molecule has 29 heavy (non-hydrogen) atoms. The fourth-order valence-corrected chi connectivity index (χ4v) is 4.14. The zero-order valence-corrected chi connectivity index (χ0v) is 17.1. The Labute approximate surface area is 171 Å². The molecular formula is C22H30N4O3. The minimum atomic E-state index is -0.172. The molecule has 2 aliphatic rings. The Hall–Kier alpha value is -2.38. The lowest BCUT2D eigenvalue weighted by atomic mass is 10.2. The summed E-state index contributed by atoms with van der Waals surface area (Å²) in [4.78, 5) is 31.1. The molecule has 2 amide bonds. The molecule has 3 heterocycles. The zero-order chi connectivity index (χ0) is 20.2. The number of carbonyl (C=O) groups is 2. The summed E-state index contributed by atoms with van der Waals surface area (Å²) in [6, 6.07) is 9.66. The van der Waals surface area contributed by atoms with E-state index in [0.717, 1.165) is 68.8 Å². The third-order valence-electron chi connectivity index (χ3n) is 5.90. The van der Waals surface area contributed by atoms with Crippen molar-refractivity contribution in [1.29, 1.82) is 0 Å². The van der Waals surface area contributed by atoms with Crippen molar-refractivity contribution in [2.45, 2.75) is 25.8 Å². The van der Waals surface area contributed by atoms with Gasteiger partial charge in [-0.1, -0.05) is 18.2 Å². The van der Waals surface area contributed by atoms with Crippen LogP contribution in [0.4, 0.5) is 0 Å². The maximum Gasteiger partial charge on any atom is 0.236 e. The molecule has 2 saturated heterocycles. The van der Waals surface area contributed by atoms with Crippen LogP contribution >= 0.6 is 0 Å². The van der Waals surface area contributed by atoms with Gasteiger partial charge in [-0.25, -0.2) is 0 Å². The number of para-hydroxylation sites is 1. The van der Waals surface area contributed by atoms with E-state index < -0.39 is 0 Å². The van der Waals surface area contributed by atoms with Gasteiger partial charge in [-0.2, -0.15) is 0 Å². The van der Waals surface area contributed by atoms with Gasteiger partial charge in [0.1, 0.15) is 11.3 Å². The molecule has 0 spiro atoms. The third kappa shape index (κ3) is 4.97. The average molecular weight is 399 g/mol. The smallest absolute Gasteiger partial charge is 0.236 e. The predicted molar refractivity (Wildman–Crippen MR) is 111 cm³/mol. The second-order valence-corrected chi connectivity index (χ2v) is 8.12. The van der Waals surface area contributed by atoms with E-state index in [2.05, 4.69) is 15.1 Å². The van der Waals surface area contributed by atoms with Gasteiger partial charge in [0.25, 0.3) is 0 Å². The molecule has 1 aromatic carbocycles. The second kappa shape index (κ2) is 8.97. The highest BCUT2D eigenvalue weighted by Gasteiger charge is 2.24. The summed E-state index contributed by atoms with van der Waals surface area (Å²) in [6.07, 6.45) is 2.25. The molecule has 2 fully saturated rings. The van der Waals surface area contributed by atoms with Crippen LogP contribution in [0.1, 0.15) is 31.6 Å². The van der Waals surface area contributed by atoms with E-state index in [1.165, 1.54) is 0 Å². The summed E-state index contributed by atoms with van der Waals surface area (Å²) in [6.45, 7) is 7.89. The molecule has 4 rings (SSSR count). The Morgan fingerprint density at radius 1 is 1.00 bits per heavy atom. The minimum absolute atomic E-state index is 0.000417. The van der Waals surface area contributed by atoms with Crippen molar-refractivity contribution in [3.8, 4) is 0 Å². The quantitative estimate of drug-likeness (QED) is 0.804. The molecule has 2 aromatic rings. The largest absolute Gasteiger partial charge is 0.459 e. The van der Waals surface area contributed by atoms with Crippen LogP contribution in [0.3, 0.4) is 0 Å². The van der Waals surface area contributed by atoms with Gasteiger partial charge in [-0.3, -0.25) is 19.4 Å². The van der Waals surface area contributed by atoms with Crippen molar-refractivity contribution in [2.24, 2.45) is 0 Å². The van der Waals surface area contributed by atoms with Crippen LogP contribution in [0.5, 0.6) is 0 Å². The number of nitrogens with zero attached hydrogens (tertiary/aromatic N) is 3. The topological polar surface area (TPSA) is 69.0 Å². The van der Waals surface area contributed by atoms with Crippen LogP contribution in [-0.2, 0) is 9.59 Å². The molecule has 7 nitrogen and oxygen atoms in total. The summed E-state index contributed by atoms with van der Waals surface area (Å²) >= 11 is 0. The van der Waals surface area contributed by atoms with Crippen molar-refractivity contribution in [1.82, 2.24) is 20.0 Å². The summed E-state index contributed by atoms with van der Waals surface area (Å²) in [5.74, 6) is 1.01. The molecule has 156 valence electrons. The van der Waals surface area contributed by atoms with Gasteiger partial charge in [0.2, 0.25) is 11.8 Å². The predicted octanol–water partition coefficient (Wildman–Crippen LogP) is 1.85. The number of likely N-dealkylation sites (tertiary alicyclic amines) is 1. The lowest BCUT2D eigenvalue weighted by Crippen LogP contribution is -2.51. The molecule has 0 saturated carbocycles. The number of fused-ring (bicyclic) bond motifs is 1. The normalized spacial score (nSPS) is 19.6. The van der Waals surface area contributed by atoms with Crippen molar-refractivity contribution in [3.05, 3.63) is 36.1 Å². The van der Waals surface area contributed by atoms with Crippen LogP contribution in [-0.4, -0.2) is 78.9 Å². The number of nitrogens with one attached hydrogen (secondary N) is 1. The van der Waals surface area contributed by atoms with Gasteiger partial charge in [0, 0.05) is 44.7 Å². The Morgan fingerprint density at radius 2 is 1.66 bits per heavy atom. The number of benzene rings is 1. The molecule has 1 atom stereocenters. The van der Waals surface area contributed by atoms with Gasteiger partial charge in [-0.05, 0) is 31.9 Å². The van der Waals surface area contributed by atoms with Gasteiger partial charge < -0.3 is 14.6 Å². The van der Waals surface area contributed by atoms with E-state index in [1.807, 2.05) is 42.2 Å². The van der Waals surface area contributed by atoms with Crippen LogP contribution in [0.15, 0.2) is 34.7 Å². The highest BCUT2D eigenvalue weighted by molar-refractivity contribution is 5.80. The van der Waals surface area contributed by atoms with Crippen LogP contribution < -0.4 is 5.32 Å². The third-order valence-corrected chi connectivity index (χ3v) is 5.90. The first-order chi connectivity index (χ1) is 14.1. The van der Waals surface area contributed by atoms with Crippen molar-refractivity contribution >= 4 is 22.8 Å². The maximum atomic E-state index is 12.5. The van der Waals surface area contributed by atoms with E-state index in [1.54, 1.807) is 0 Å². The lowest BCUT2D eigenvalue weighted by Gasteiger charge is -2.34. The van der Waals surface area contributed by atoms with Crippen LogP contribution in [0.25, 0.3) is 11.0 Å². The first-order valence-electron chi connectivity index (χ1n) is 10.6. The van der Waals surface area contributed by atoms with Gasteiger partial charge in [0.15, 0.2) is 0 Å². The Kier molecular flexibility index (Phi) is 6.16. The maximum absolute atomic E-state index is 12.5. The number of carbonyl (C=O) groups excluding carboxylic acids is 2. The Morgan fingerprint density at radius 3 is 2.34 bits per heavy atom. The number of hydrogen-bond donors (Lipinski definition) is 1. The van der Waals surface area contributed by atoms with Crippen molar-refractivity contribution in [2.75, 3.05) is 52.4 Å². The van der Waals surface area contributed by atoms with E-state index in [9.17, 15) is 9.59 Å². The first kappa shape index (κ1) is 19.9. The fourth-order valence-electron chi connectivity index (χ4n) is 4.14. The molecule has 1 N–H and O–H groups in total. The van der Waals surface area contributed by atoms with Gasteiger partial charge in [0.05, 0.1) is 19.1 Å². The number of hydrogen-bond acceptors (Lipinski definition) is 5. The Balaban J connectivity index is 1.20. The Bertz CT molecular complexity index is 818. The zero-order valence-electron chi connectivity index (χ0n) is 17.1. The van der Waals surface area contributed by atoms with E-state index in [-0.39, 0.29) is 17.9 Å². The molecule has 0 radical (unpaired) electrons. The molecule has 0 aliphatic carbocycles. The summed E-state index contributed by atoms with van der Waals surface area (Å²) < 4.78 is 5.84. The van der Waals surface area contributed by atoms with Gasteiger partial charge >= 0.3 is 0 Å². The average Bonchev–Trinajstić information content (AvgIpc) is 3.39. The monoisotopic (exact) mass is 398 g/mol. The highest BCUT2D eigenvalue weighted by Crippen LogP contribution is 2.23. The highest BCUT2D eigenvalue weighted by atomic mass is 16.3. The van der Waals surface area contributed by atoms with Crippen LogP contribution in [0.2, 0.25) is 0 Å². The standard InChI is InChI=1S/C22H30N4O3/c1-17(20-14-18-6-2-3-7-19(18)29-20)23-21(27)15-24-10-12-25(13-11-24)16-22(28)26-8-4-5-9-26/h2-3,6-7,14,17H,4-5,8-13,15-16H2,1H3,(H,23,27)/t17-/m1/s1. The molecule has 1 aromatic heterocycles. The van der Waals surface area contributed by atoms with Crippen molar-refractivity contribution in [3.63, 3.8) is 0 Å². The fraction of sp³-hybridized carbons (Fsp3) is 0.545. The lowest BCUT2D eigenvalue weighted by molar-refractivity contribution is -0.132. The SMILES string of the molecule is C[C@@H](NC(=O)CN1CCN(CC(=O)N2CCCC2)CC1)c1cc2ccccc2o1. The number of piperazine rings is 1.